The van der Waals surface area contributed by atoms with Crippen LogP contribution in [0.15, 0.2) is 46.9 Å². The fourth-order valence-electron chi connectivity index (χ4n) is 2.09. The summed E-state index contributed by atoms with van der Waals surface area (Å²) in [5, 5.41) is 1.80. The number of hydrogen-bond acceptors (Lipinski definition) is 3. The first-order valence-electron chi connectivity index (χ1n) is 6.69. The first kappa shape index (κ1) is 15.1. The highest BCUT2D eigenvalue weighted by atomic mass is 19.4. The lowest BCUT2D eigenvalue weighted by atomic mass is 10.2. The summed E-state index contributed by atoms with van der Waals surface area (Å²) < 4.78 is 42.5. The number of anilines is 1. The summed E-state index contributed by atoms with van der Waals surface area (Å²) in [6, 6.07) is 11.4. The Morgan fingerprint density at radius 2 is 1.96 bits per heavy atom. The molecule has 0 aliphatic heterocycles. The zero-order chi connectivity index (χ0) is 16.6. The summed E-state index contributed by atoms with van der Waals surface area (Å²) in [7, 11) is 0. The molecular weight excluding hydrogens is 309 g/mol. The van der Waals surface area contributed by atoms with Crippen LogP contribution in [0.3, 0.4) is 0 Å². The number of nitrogens with one attached hydrogen (secondary N) is 1. The van der Waals surface area contributed by atoms with E-state index in [9.17, 15) is 18.0 Å². The molecule has 7 heteroatoms. The predicted octanol–water partition coefficient (Wildman–Crippen LogP) is 4.30. The van der Waals surface area contributed by atoms with Crippen LogP contribution < -0.4 is 5.32 Å². The maximum atomic E-state index is 12.3. The highest BCUT2D eigenvalue weighted by Crippen LogP contribution is 2.27. The van der Waals surface area contributed by atoms with E-state index in [2.05, 4.69) is 4.98 Å². The normalized spacial score (nSPS) is 11.7. The number of nitrogens with zero attached hydrogens (tertiary/aromatic N) is 1. The molecular formula is C16H11F3N2O2. The molecule has 1 aromatic heterocycles. The highest BCUT2D eigenvalue weighted by molar-refractivity contribution is 5.95. The number of rotatable bonds is 2. The Morgan fingerprint density at radius 1 is 1.17 bits per heavy atom. The second kappa shape index (κ2) is 5.42. The Kier molecular flexibility index (Phi) is 3.55. The zero-order valence-corrected chi connectivity index (χ0v) is 11.9. The zero-order valence-electron chi connectivity index (χ0n) is 11.9. The van der Waals surface area contributed by atoms with Gasteiger partial charge < -0.3 is 9.73 Å². The molecule has 0 saturated heterocycles. The third-order valence-corrected chi connectivity index (χ3v) is 3.17. The number of amides is 1. The maximum Gasteiger partial charge on any atom is 0.471 e. The van der Waals surface area contributed by atoms with E-state index >= 15 is 0 Å². The van der Waals surface area contributed by atoms with Crippen LogP contribution in [0.2, 0.25) is 0 Å². The van der Waals surface area contributed by atoms with Gasteiger partial charge in [0.05, 0.1) is 0 Å². The third-order valence-electron chi connectivity index (χ3n) is 3.17. The first-order valence-corrected chi connectivity index (χ1v) is 6.69. The van der Waals surface area contributed by atoms with E-state index in [-0.39, 0.29) is 11.6 Å². The molecule has 1 amide bonds. The number of oxazole rings is 1. The molecule has 0 aliphatic rings. The molecule has 118 valence electrons. The van der Waals surface area contributed by atoms with Crippen molar-refractivity contribution in [3.8, 4) is 11.5 Å². The smallest absolute Gasteiger partial charge is 0.436 e. The standard InChI is InChI=1S/C16H11F3N2O2/c1-9-5-6-13-12(7-9)21-14(23-13)10-3-2-4-11(8-10)20-15(22)16(17,18)19/h2-8H,1H3,(H,20,22). The van der Waals surface area contributed by atoms with E-state index < -0.39 is 12.1 Å². The molecule has 0 unspecified atom stereocenters. The molecule has 23 heavy (non-hydrogen) atoms. The quantitative estimate of drug-likeness (QED) is 0.766. The van der Waals surface area contributed by atoms with Crippen LogP contribution in [-0.2, 0) is 4.79 Å². The van der Waals surface area contributed by atoms with Gasteiger partial charge in [-0.3, -0.25) is 4.79 Å². The van der Waals surface area contributed by atoms with Crippen molar-refractivity contribution in [2.75, 3.05) is 5.32 Å². The summed E-state index contributed by atoms with van der Waals surface area (Å²) in [6.45, 7) is 1.92. The first-order chi connectivity index (χ1) is 10.8. The van der Waals surface area contributed by atoms with E-state index in [1.54, 1.807) is 17.4 Å². The van der Waals surface area contributed by atoms with Crippen molar-refractivity contribution in [1.29, 1.82) is 0 Å². The van der Waals surface area contributed by atoms with Crippen LogP contribution in [0.1, 0.15) is 5.56 Å². The molecule has 1 N–H and O–H groups in total. The Balaban J connectivity index is 1.93. The molecule has 0 bridgehead atoms. The number of aryl methyl sites for hydroxylation is 1. The molecule has 0 radical (unpaired) electrons. The summed E-state index contributed by atoms with van der Waals surface area (Å²) in [6.07, 6.45) is -4.94. The predicted molar refractivity (Wildman–Crippen MR) is 78.9 cm³/mol. The van der Waals surface area contributed by atoms with Gasteiger partial charge in [-0.1, -0.05) is 12.1 Å². The lowest BCUT2D eigenvalue weighted by Crippen LogP contribution is -2.29. The number of carbonyl (C=O) groups excluding carboxylic acids is 1. The Hall–Kier alpha value is -2.83. The van der Waals surface area contributed by atoms with Crippen molar-refractivity contribution in [2.24, 2.45) is 0 Å². The third kappa shape index (κ3) is 3.18. The number of benzene rings is 2. The fraction of sp³-hybridized carbons (Fsp3) is 0.125. The Morgan fingerprint density at radius 3 is 2.70 bits per heavy atom. The number of fused-ring (bicyclic) bond motifs is 1. The number of aromatic nitrogens is 1. The van der Waals surface area contributed by atoms with Crippen molar-refractivity contribution >= 4 is 22.7 Å². The molecule has 4 nitrogen and oxygen atoms in total. The van der Waals surface area contributed by atoms with Crippen LogP contribution in [0, 0.1) is 6.92 Å². The van der Waals surface area contributed by atoms with Crippen molar-refractivity contribution < 1.29 is 22.4 Å². The van der Waals surface area contributed by atoms with Crippen LogP contribution in [0.4, 0.5) is 18.9 Å². The van der Waals surface area contributed by atoms with Gasteiger partial charge in [-0.05, 0) is 42.8 Å². The van der Waals surface area contributed by atoms with Gasteiger partial charge in [0.1, 0.15) is 5.52 Å². The van der Waals surface area contributed by atoms with Crippen LogP contribution in [0.25, 0.3) is 22.6 Å². The summed E-state index contributed by atoms with van der Waals surface area (Å²) in [5.74, 6) is -1.75. The molecule has 1 heterocycles. The molecule has 0 spiro atoms. The molecule has 0 aliphatic carbocycles. The van der Waals surface area contributed by atoms with Crippen LogP contribution in [-0.4, -0.2) is 17.1 Å². The molecule has 2 aromatic carbocycles. The summed E-state index contributed by atoms with van der Waals surface area (Å²) in [5.41, 5.74) is 2.74. The minimum atomic E-state index is -4.94. The topological polar surface area (TPSA) is 55.1 Å². The lowest BCUT2D eigenvalue weighted by Gasteiger charge is -2.08. The van der Waals surface area contributed by atoms with Gasteiger partial charge in [0.2, 0.25) is 5.89 Å². The number of carbonyl (C=O) groups is 1. The van der Waals surface area contributed by atoms with Crippen molar-refractivity contribution in [3.05, 3.63) is 48.0 Å². The number of alkyl halides is 3. The molecule has 0 atom stereocenters. The largest absolute Gasteiger partial charge is 0.471 e. The lowest BCUT2D eigenvalue weighted by molar-refractivity contribution is -0.167. The van der Waals surface area contributed by atoms with E-state index in [0.717, 1.165) is 5.56 Å². The van der Waals surface area contributed by atoms with Gasteiger partial charge in [-0.2, -0.15) is 13.2 Å². The van der Waals surface area contributed by atoms with Gasteiger partial charge in [-0.15, -0.1) is 0 Å². The van der Waals surface area contributed by atoms with E-state index in [1.807, 2.05) is 19.1 Å². The molecule has 3 aromatic rings. The number of hydrogen-bond donors (Lipinski definition) is 1. The van der Waals surface area contributed by atoms with Crippen molar-refractivity contribution in [2.45, 2.75) is 13.1 Å². The fourth-order valence-corrected chi connectivity index (χ4v) is 2.09. The second-order valence-electron chi connectivity index (χ2n) is 5.02. The van der Waals surface area contributed by atoms with Crippen molar-refractivity contribution in [3.63, 3.8) is 0 Å². The van der Waals surface area contributed by atoms with Gasteiger partial charge in [0.15, 0.2) is 5.58 Å². The SMILES string of the molecule is Cc1ccc2oc(-c3cccc(NC(=O)C(F)(F)F)c3)nc2c1. The molecule has 0 fully saturated rings. The average Bonchev–Trinajstić information content (AvgIpc) is 2.89. The highest BCUT2D eigenvalue weighted by Gasteiger charge is 2.38. The molecule has 3 rings (SSSR count). The van der Waals surface area contributed by atoms with Gasteiger partial charge in [-0.25, -0.2) is 4.98 Å². The average molecular weight is 320 g/mol. The minimum Gasteiger partial charge on any atom is -0.436 e. The van der Waals surface area contributed by atoms with Crippen molar-refractivity contribution in [1.82, 2.24) is 4.98 Å². The minimum absolute atomic E-state index is 0.0169. The Labute approximate surface area is 128 Å². The van der Waals surface area contributed by atoms with E-state index in [4.69, 9.17) is 4.42 Å². The maximum absolute atomic E-state index is 12.3. The van der Waals surface area contributed by atoms with Gasteiger partial charge >= 0.3 is 12.1 Å². The van der Waals surface area contributed by atoms with Gasteiger partial charge in [0.25, 0.3) is 0 Å². The summed E-state index contributed by atoms with van der Waals surface area (Å²) >= 11 is 0. The Bertz CT molecular complexity index is 884. The van der Waals surface area contributed by atoms with E-state index in [1.165, 1.54) is 18.2 Å². The van der Waals surface area contributed by atoms with Gasteiger partial charge in [0, 0.05) is 11.3 Å². The molecule has 0 saturated carbocycles. The summed E-state index contributed by atoms with van der Waals surface area (Å²) in [4.78, 5) is 15.3. The monoisotopic (exact) mass is 320 g/mol. The second-order valence-corrected chi connectivity index (χ2v) is 5.02. The van der Waals surface area contributed by atoms with Crippen LogP contribution in [0.5, 0.6) is 0 Å². The van der Waals surface area contributed by atoms with E-state index in [0.29, 0.717) is 16.7 Å². The van der Waals surface area contributed by atoms with Crippen LogP contribution >= 0.6 is 0 Å². The number of halogens is 3.